The van der Waals surface area contributed by atoms with Gasteiger partial charge in [0.25, 0.3) is 0 Å². The molecule has 0 bridgehead atoms. The molecule has 0 unspecified atom stereocenters. The Bertz CT molecular complexity index is 481. The van der Waals surface area contributed by atoms with Crippen molar-refractivity contribution in [1.82, 2.24) is 0 Å². The van der Waals surface area contributed by atoms with E-state index in [1.165, 1.54) is 89.0 Å². The van der Waals surface area contributed by atoms with Crippen LogP contribution in [-0.4, -0.2) is 13.2 Å². The Balaban J connectivity index is 1.59. The van der Waals surface area contributed by atoms with Crippen molar-refractivity contribution < 1.29 is 4.74 Å². The first kappa shape index (κ1) is 22.2. The Morgan fingerprint density at radius 2 is 1.52 bits per heavy atom. The van der Waals surface area contributed by atoms with E-state index in [2.05, 4.69) is 37.8 Å². The Morgan fingerprint density at radius 1 is 0.889 bits per heavy atom. The molecule has 0 N–H and O–H groups in total. The Morgan fingerprint density at radius 3 is 2.15 bits per heavy atom. The van der Waals surface area contributed by atoms with Gasteiger partial charge in [-0.3, -0.25) is 0 Å². The quantitative estimate of drug-likeness (QED) is 0.239. The monoisotopic (exact) mass is 370 g/mol. The van der Waals surface area contributed by atoms with Crippen molar-refractivity contribution in [2.45, 2.75) is 96.3 Å². The van der Waals surface area contributed by atoms with Crippen molar-refractivity contribution in [3.63, 3.8) is 0 Å². The standard InChI is InChI=1S/C26H42O/c1-3-5-6-7-8-9-10-11-12-23-13-17-25(18-14-23)26-19-15-24(16-20-26)22-27-21-4-2/h4,13-14,17-18,24,26H,2-3,5-12,15-16,19-22H2,1H3/t24-,26-. The second kappa shape index (κ2) is 14.0. The molecule has 1 aliphatic carbocycles. The minimum absolute atomic E-state index is 0.695. The number of rotatable bonds is 14. The van der Waals surface area contributed by atoms with E-state index >= 15 is 0 Å². The molecule has 1 aromatic carbocycles. The van der Waals surface area contributed by atoms with E-state index in [9.17, 15) is 0 Å². The van der Waals surface area contributed by atoms with Crippen LogP contribution in [0.4, 0.5) is 0 Å². The van der Waals surface area contributed by atoms with Gasteiger partial charge < -0.3 is 4.74 Å². The van der Waals surface area contributed by atoms with Gasteiger partial charge in [-0.15, -0.1) is 6.58 Å². The third-order valence-electron chi connectivity index (χ3n) is 6.21. The molecular weight excluding hydrogens is 328 g/mol. The SMILES string of the molecule is C=CCOC[C@H]1CC[C@H](c2ccc(CCCCCCCCCC)cc2)CC1. The van der Waals surface area contributed by atoms with E-state index in [-0.39, 0.29) is 0 Å². The predicted octanol–water partition coefficient (Wildman–Crippen LogP) is 7.85. The summed E-state index contributed by atoms with van der Waals surface area (Å²) in [6.45, 7) is 7.61. The highest BCUT2D eigenvalue weighted by atomic mass is 16.5. The van der Waals surface area contributed by atoms with Gasteiger partial charge in [0.1, 0.15) is 0 Å². The van der Waals surface area contributed by atoms with Crippen molar-refractivity contribution in [3.8, 4) is 0 Å². The van der Waals surface area contributed by atoms with Gasteiger partial charge in [-0.2, -0.15) is 0 Å². The average molecular weight is 371 g/mol. The van der Waals surface area contributed by atoms with Crippen molar-refractivity contribution in [2.24, 2.45) is 5.92 Å². The number of hydrogen-bond donors (Lipinski definition) is 0. The summed E-state index contributed by atoms with van der Waals surface area (Å²) in [6, 6.07) is 9.57. The Kier molecular flexibility index (Phi) is 11.5. The van der Waals surface area contributed by atoms with Crippen LogP contribution < -0.4 is 0 Å². The van der Waals surface area contributed by atoms with Crippen LogP contribution in [0.5, 0.6) is 0 Å². The fourth-order valence-electron chi connectivity index (χ4n) is 4.40. The second-order valence-corrected chi connectivity index (χ2v) is 8.51. The maximum atomic E-state index is 5.64. The number of benzene rings is 1. The zero-order valence-corrected chi connectivity index (χ0v) is 17.8. The largest absolute Gasteiger partial charge is 0.377 e. The second-order valence-electron chi connectivity index (χ2n) is 8.51. The molecule has 0 saturated heterocycles. The first-order valence-electron chi connectivity index (χ1n) is 11.6. The first-order chi connectivity index (χ1) is 13.3. The lowest BCUT2D eigenvalue weighted by molar-refractivity contribution is 0.102. The molecule has 0 aliphatic heterocycles. The van der Waals surface area contributed by atoms with Crippen molar-refractivity contribution >= 4 is 0 Å². The smallest absolute Gasteiger partial charge is 0.0644 e. The molecule has 27 heavy (non-hydrogen) atoms. The molecule has 1 saturated carbocycles. The molecule has 0 aromatic heterocycles. The van der Waals surface area contributed by atoms with E-state index in [0.29, 0.717) is 6.61 Å². The summed E-state index contributed by atoms with van der Waals surface area (Å²) < 4.78 is 5.64. The van der Waals surface area contributed by atoms with Crippen LogP contribution in [0, 0.1) is 5.92 Å². The van der Waals surface area contributed by atoms with Gasteiger partial charge in [0.05, 0.1) is 6.61 Å². The van der Waals surface area contributed by atoms with Crippen LogP contribution in [0.25, 0.3) is 0 Å². The highest BCUT2D eigenvalue weighted by molar-refractivity contribution is 5.26. The minimum Gasteiger partial charge on any atom is -0.377 e. The predicted molar refractivity (Wildman–Crippen MR) is 118 cm³/mol. The number of ether oxygens (including phenoxy) is 1. The van der Waals surface area contributed by atoms with Crippen LogP contribution >= 0.6 is 0 Å². The maximum Gasteiger partial charge on any atom is 0.0644 e. The molecule has 1 heteroatoms. The molecule has 0 heterocycles. The highest BCUT2D eigenvalue weighted by Crippen LogP contribution is 2.36. The Hall–Kier alpha value is -1.08. The third kappa shape index (κ3) is 9.10. The summed E-state index contributed by atoms with van der Waals surface area (Å²) >= 11 is 0. The van der Waals surface area contributed by atoms with Gasteiger partial charge in [0.15, 0.2) is 0 Å². The van der Waals surface area contributed by atoms with Crippen molar-refractivity contribution in [1.29, 1.82) is 0 Å². The molecule has 1 fully saturated rings. The summed E-state index contributed by atoms with van der Waals surface area (Å²) in [5, 5.41) is 0. The van der Waals surface area contributed by atoms with Gasteiger partial charge in [0, 0.05) is 6.61 Å². The normalized spacial score (nSPS) is 19.9. The van der Waals surface area contributed by atoms with Crippen molar-refractivity contribution in [2.75, 3.05) is 13.2 Å². The van der Waals surface area contributed by atoms with Crippen molar-refractivity contribution in [3.05, 3.63) is 48.0 Å². The van der Waals surface area contributed by atoms with E-state index < -0.39 is 0 Å². The molecule has 0 amide bonds. The Labute approximate surface area is 168 Å². The summed E-state index contributed by atoms with van der Waals surface area (Å²) in [6.07, 6.45) is 19.6. The summed E-state index contributed by atoms with van der Waals surface area (Å²) in [7, 11) is 0. The minimum atomic E-state index is 0.695. The molecule has 0 atom stereocenters. The van der Waals surface area contributed by atoms with Crippen LogP contribution in [0.15, 0.2) is 36.9 Å². The van der Waals surface area contributed by atoms with Crippen LogP contribution in [0.1, 0.15) is 101 Å². The van der Waals surface area contributed by atoms with E-state index in [1.807, 2.05) is 6.08 Å². The fourth-order valence-corrected chi connectivity index (χ4v) is 4.40. The third-order valence-corrected chi connectivity index (χ3v) is 6.21. The molecule has 1 aromatic rings. The molecule has 0 radical (unpaired) electrons. The summed E-state index contributed by atoms with van der Waals surface area (Å²) in [4.78, 5) is 0. The lowest BCUT2D eigenvalue weighted by Crippen LogP contribution is -2.18. The number of unbranched alkanes of at least 4 members (excludes halogenated alkanes) is 7. The first-order valence-corrected chi connectivity index (χ1v) is 11.6. The average Bonchev–Trinajstić information content (AvgIpc) is 2.71. The number of hydrogen-bond acceptors (Lipinski definition) is 1. The molecule has 1 aliphatic rings. The molecular formula is C26H42O. The zero-order valence-electron chi connectivity index (χ0n) is 17.8. The fraction of sp³-hybridized carbons (Fsp3) is 0.692. The van der Waals surface area contributed by atoms with Gasteiger partial charge in [-0.1, -0.05) is 82.2 Å². The maximum absolute atomic E-state index is 5.64. The van der Waals surface area contributed by atoms with Gasteiger partial charge >= 0.3 is 0 Å². The van der Waals surface area contributed by atoms with Crippen LogP contribution in [0.2, 0.25) is 0 Å². The summed E-state index contributed by atoms with van der Waals surface area (Å²) in [5.74, 6) is 1.51. The van der Waals surface area contributed by atoms with Gasteiger partial charge in [0.2, 0.25) is 0 Å². The lowest BCUT2D eigenvalue weighted by atomic mass is 9.79. The zero-order chi connectivity index (χ0) is 19.2. The lowest BCUT2D eigenvalue weighted by Gasteiger charge is -2.28. The molecule has 1 nitrogen and oxygen atoms in total. The molecule has 152 valence electrons. The van der Waals surface area contributed by atoms with E-state index in [0.717, 1.165) is 18.4 Å². The highest BCUT2D eigenvalue weighted by Gasteiger charge is 2.22. The summed E-state index contributed by atoms with van der Waals surface area (Å²) in [5.41, 5.74) is 3.08. The van der Waals surface area contributed by atoms with Gasteiger partial charge in [-0.25, -0.2) is 0 Å². The van der Waals surface area contributed by atoms with Crippen LogP contribution in [0.3, 0.4) is 0 Å². The van der Waals surface area contributed by atoms with E-state index in [1.54, 1.807) is 5.56 Å². The van der Waals surface area contributed by atoms with Crippen LogP contribution in [-0.2, 0) is 11.2 Å². The molecule has 2 rings (SSSR count). The topological polar surface area (TPSA) is 9.23 Å². The van der Waals surface area contributed by atoms with E-state index in [4.69, 9.17) is 4.74 Å². The number of aryl methyl sites for hydroxylation is 1. The molecule has 0 spiro atoms. The van der Waals surface area contributed by atoms with Gasteiger partial charge in [-0.05, 0) is 61.5 Å².